The maximum absolute atomic E-state index is 6.49. The van der Waals surface area contributed by atoms with E-state index in [-0.39, 0.29) is 0 Å². The lowest BCUT2D eigenvalue weighted by Gasteiger charge is -2.18. The van der Waals surface area contributed by atoms with E-state index < -0.39 is 0 Å². The third-order valence-corrected chi connectivity index (χ3v) is 10.2. The van der Waals surface area contributed by atoms with E-state index in [0.717, 1.165) is 103 Å². The number of anilines is 2. The minimum Gasteiger partial charge on any atom is -0.368 e. The number of aromatic amines is 2. The number of fused-ring (bicyclic) bond motifs is 4. The molecule has 246 valence electrons. The molecule has 6 aromatic rings. The van der Waals surface area contributed by atoms with Crippen LogP contribution in [0.4, 0.5) is 11.6 Å². The summed E-state index contributed by atoms with van der Waals surface area (Å²) in [6, 6.07) is 28.6. The summed E-state index contributed by atoms with van der Waals surface area (Å²) < 4.78 is 0. The molecule has 48 heavy (non-hydrogen) atoms. The number of aromatic nitrogens is 4. The van der Waals surface area contributed by atoms with Gasteiger partial charge in [-0.25, -0.2) is 0 Å². The van der Waals surface area contributed by atoms with Crippen molar-refractivity contribution in [2.75, 3.05) is 23.7 Å². The molecular weight excluding hydrogens is 635 g/mol. The van der Waals surface area contributed by atoms with Gasteiger partial charge in [-0.15, -0.1) is 0 Å². The van der Waals surface area contributed by atoms with E-state index in [2.05, 4.69) is 100 Å². The first-order chi connectivity index (χ1) is 23.2. The SMILES string of the molecule is CC(C)(C)CCNc1n[nH]c2cc(Cl)c(-c3ccccc3)cc12.Clc1cc2[nH]nc(NCC3CC4C=CC3C4)c2cc1-c1ccccc1. The van der Waals surface area contributed by atoms with Gasteiger partial charge in [-0.2, -0.15) is 10.2 Å². The second-order valence-corrected chi connectivity index (χ2v) is 15.1. The van der Waals surface area contributed by atoms with Gasteiger partial charge in [0.05, 0.1) is 21.1 Å². The molecule has 2 bridgehead atoms. The zero-order valence-corrected chi connectivity index (χ0v) is 29.2. The van der Waals surface area contributed by atoms with Gasteiger partial charge in [0, 0.05) is 35.0 Å². The van der Waals surface area contributed by atoms with E-state index in [0.29, 0.717) is 5.41 Å². The van der Waals surface area contributed by atoms with E-state index in [1.54, 1.807) is 0 Å². The summed E-state index contributed by atoms with van der Waals surface area (Å²) in [5.74, 6) is 4.09. The molecule has 0 amide bonds. The highest BCUT2D eigenvalue weighted by molar-refractivity contribution is 6.34. The number of benzene rings is 4. The predicted molar refractivity (Wildman–Crippen MR) is 203 cm³/mol. The zero-order chi connectivity index (χ0) is 33.3. The first-order valence-electron chi connectivity index (χ1n) is 16.8. The monoisotopic (exact) mass is 676 g/mol. The summed E-state index contributed by atoms with van der Waals surface area (Å²) in [7, 11) is 0. The Morgan fingerprint density at radius 2 is 1.25 bits per heavy atom. The molecule has 1 fully saturated rings. The van der Waals surface area contributed by atoms with E-state index in [9.17, 15) is 0 Å². The van der Waals surface area contributed by atoms with Crippen LogP contribution in [-0.2, 0) is 0 Å². The van der Waals surface area contributed by atoms with Crippen molar-refractivity contribution in [2.24, 2.45) is 23.2 Å². The second-order valence-electron chi connectivity index (χ2n) is 14.3. The van der Waals surface area contributed by atoms with Gasteiger partial charge in [-0.05, 0) is 77.8 Å². The molecule has 0 aliphatic heterocycles. The predicted octanol–water partition coefficient (Wildman–Crippen LogP) is 11.2. The van der Waals surface area contributed by atoms with Crippen LogP contribution in [0.3, 0.4) is 0 Å². The highest BCUT2D eigenvalue weighted by Crippen LogP contribution is 2.43. The first-order valence-corrected chi connectivity index (χ1v) is 17.6. The molecular formula is C40H42Cl2N6. The molecule has 0 saturated heterocycles. The molecule has 1 saturated carbocycles. The number of hydrogen-bond acceptors (Lipinski definition) is 4. The van der Waals surface area contributed by atoms with Crippen LogP contribution in [0.5, 0.6) is 0 Å². The van der Waals surface area contributed by atoms with Gasteiger partial charge in [0.2, 0.25) is 0 Å². The molecule has 2 aliphatic rings. The number of halogens is 2. The van der Waals surface area contributed by atoms with Crippen LogP contribution in [-0.4, -0.2) is 33.5 Å². The fourth-order valence-corrected chi connectivity index (χ4v) is 7.48. The topological polar surface area (TPSA) is 81.4 Å². The first kappa shape index (κ1) is 32.3. The standard InChI is InChI=1S/C21H20ClN3.C19H22ClN3/c22-19-11-20-18(10-17(19)14-4-2-1-3-5-14)21(25-24-20)23-12-16-9-13-6-7-15(16)8-13;1-19(2,3)9-10-21-18-15-11-14(13-7-5-4-6-8-13)16(20)12-17(15)22-23-18/h1-7,10-11,13,15-16H,8-9,12H2,(H2,23,24,25);4-8,11-12H,9-10H2,1-3H3,(H2,21,22,23). The quantitative estimate of drug-likeness (QED) is 0.121. The molecule has 3 atom stereocenters. The largest absolute Gasteiger partial charge is 0.368 e. The summed E-state index contributed by atoms with van der Waals surface area (Å²) in [6.07, 6.45) is 8.51. The fraction of sp³-hybridized carbons (Fsp3) is 0.300. The van der Waals surface area contributed by atoms with Crippen molar-refractivity contribution in [2.45, 2.75) is 40.0 Å². The van der Waals surface area contributed by atoms with Crippen LogP contribution in [0.2, 0.25) is 10.0 Å². The van der Waals surface area contributed by atoms with Crippen molar-refractivity contribution in [3.8, 4) is 22.3 Å². The molecule has 4 aromatic carbocycles. The Morgan fingerprint density at radius 3 is 1.73 bits per heavy atom. The molecule has 0 radical (unpaired) electrons. The molecule has 2 aliphatic carbocycles. The van der Waals surface area contributed by atoms with E-state index in [1.807, 2.05) is 48.5 Å². The highest BCUT2D eigenvalue weighted by Gasteiger charge is 2.35. The smallest absolute Gasteiger partial charge is 0.155 e. The molecule has 6 nitrogen and oxygen atoms in total. The third kappa shape index (κ3) is 7.11. The van der Waals surface area contributed by atoms with E-state index >= 15 is 0 Å². The van der Waals surface area contributed by atoms with E-state index in [1.165, 1.54) is 12.8 Å². The lowest BCUT2D eigenvalue weighted by atomic mass is 9.92. The Kier molecular flexibility index (Phi) is 9.21. The van der Waals surface area contributed by atoms with Crippen LogP contribution in [0.1, 0.15) is 40.0 Å². The van der Waals surface area contributed by atoms with Crippen molar-refractivity contribution in [1.82, 2.24) is 20.4 Å². The van der Waals surface area contributed by atoms with E-state index in [4.69, 9.17) is 23.2 Å². The van der Waals surface area contributed by atoms with Crippen LogP contribution in [0.15, 0.2) is 97.1 Å². The Hall–Kier alpha value is -4.26. The molecule has 8 heteroatoms. The second kappa shape index (κ2) is 13.7. The van der Waals surface area contributed by atoms with Crippen molar-refractivity contribution in [3.05, 3.63) is 107 Å². The van der Waals surface area contributed by atoms with Gasteiger partial charge in [-0.3, -0.25) is 10.2 Å². The number of allylic oxidation sites excluding steroid dienone is 2. The van der Waals surface area contributed by atoms with Gasteiger partial charge >= 0.3 is 0 Å². The van der Waals surface area contributed by atoms with Gasteiger partial charge in [-0.1, -0.05) is 117 Å². The van der Waals surface area contributed by atoms with Crippen LogP contribution in [0.25, 0.3) is 44.1 Å². The fourth-order valence-electron chi connectivity index (χ4n) is 6.94. The average Bonchev–Trinajstić information content (AvgIpc) is 3.88. The van der Waals surface area contributed by atoms with Crippen LogP contribution < -0.4 is 10.6 Å². The molecule has 8 rings (SSSR count). The third-order valence-electron chi connectivity index (χ3n) is 9.59. The summed E-state index contributed by atoms with van der Waals surface area (Å²) >= 11 is 12.9. The molecule has 2 aromatic heterocycles. The van der Waals surface area contributed by atoms with Crippen molar-refractivity contribution in [1.29, 1.82) is 0 Å². The molecule has 2 heterocycles. The average molecular weight is 678 g/mol. The van der Waals surface area contributed by atoms with Gasteiger partial charge < -0.3 is 10.6 Å². The van der Waals surface area contributed by atoms with Crippen molar-refractivity contribution >= 4 is 56.6 Å². The Balaban J connectivity index is 0.000000153. The zero-order valence-electron chi connectivity index (χ0n) is 27.7. The van der Waals surface area contributed by atoms with Crippen LogP contribution >= 0.6 is 23.2 Å². The Bertz CT molecular complexity index is 2040. The van der Waals surface area contributed by atoms with Crippen LogP contribution in [0, 0.1) is 23.2 Å². The number of rotatable bonds is 8. The molecule has 4 N–H and O–H groups in total. The minimum atomic E-state index is 0.303. The van der Waals surface area contributed by atoms with Crippen molar-refractivity contribution < 1.29 is 0 Å². The maximum atomic E-state index is 6.49. The van der Waals surface area contributed by atoms with Gasteiger partial charge in [0.15, 0.2) is 11.6 Å². The molecule has 3 unspecified atom stereocenters. The Labute approximate surface area is 292 Å². The summed E-state index contributed by atoms with van der Waals surface area (Å²) in [5.41, 5.74) is 6.54. The molecule has 0 spiro atoms. The summed E-state index contributed by atoms with van der Waals surface area (Å²) in [5, 5.41) is 25.7. The number of nitrogens with one attached hydrogen (secondary N) is 4. The lowest BCUT2D eigenvalue weighted by molar-refractivity contribution is 0.389. The van der Waals surface area contributed by atoms with Gasteiger partial charge in [0.1, 0.15) is 0 Å². The maximum Gasteiger partial charge on any atom is 0.155 e. The normalized spacial score (nSPS) is 18.3. The Morgan fingerprint density at radius 1 is 0.708 bits per heavy atom. The highest BCUT2D eigenvalue weighted by atomic mass is 35.5. The number of hydrogen-bond donors (Lipinski definition) is 4. The lowest BCUT2D eigenvalue weighted by Crippen LogP contribution is -2.18. The van der Waals surface area contributed by atoms with Crippen molar-refractivity contribution in [3.63, 3.8) is 0 Å². The number of nitrogens with zero attached hydrogens (tertiary/aromatic N) is 2. The summed E-state index contributed by atoms with van der Waals surface area (Å²) in [4.78, 5) is 0. The summed E-state index contributed by atoms with van der Waals surface area (Å²) in [6.45, 7) is 8.60. The number of H-pyrrole nitrogens is 2. The minimum absolute atomic E-state index is 0.303. The van der Waals surface area contributed by atoms with Gasteiger partial charge in [0.25, 0.3) is 0 Å².